The summed E-state index contributed by atoms with van der Waals surface area (Å²) in [6.45, 7) is 0.854. The number of methoxy groups -OCH3 is 1. The van der Waals surface area contributed by atoms with E-state index in [2.05, 4.69) is 21.7 Å². The molecular weight excluding hydrogens is 262 g/mol. The number of benzene rings is 1. The largest absolute Gasteiger partial charge is 0.496 e. The molecule has 0 radical (unpaired) electrons. The maximum absolute atomic E-state index is 5.38. The fourth-order valence-corrected chi connectivity index (χ4v) is 2.86. The third kappa shape index (κ3) is 4.96. The van der Waals surface area contributed by atoms with Crippen LogP contribution in [0.2, 0.25) is 0 Å². The number of aliphatic imine (C=N–C) groups is 1. The molecular formula is C17H27N3O. The van der Waals surface area contributed by atoms with Gasteiger partial charge in [0.15, 0.2) is 5.96 Å². The lowest BCUT2D eigenvalue weighted by atomic mass is 9.96. The van der Waals surface area contributed by atoms with E-state index in [0.29, 0.717) is 6.04 Å². The van der Waals surface area contributed by atoms with Crippen molar-refractivity contribution in [2.24, 2.45) is 4.99 Å². The molecule has 0 spiro atoms. The zero-order valence-electron chi connectivity index (χ0n) is 13.2. The summed E-state index contributed by atoms with van der Waals surface area (Å²) in [4.78, 5) is 4.32. The van der Waals surface area contributed by atoms with E-state index in [1.807, 2.05) is 25.2 Å². The second kappa shape index (κ2) is 8.55. The number of guanidine groups is 1. The van der Waals surface area contributed by atoms with E-state index < -0.39 is 0 Å². The third-order valence-electron chi connectivity index (χ3n) is 4.05. The van der Waals surface area contributed by atoms with Crippen LogP contribution in [0.15, 0.2) is 29.3 Å². The molecule has 2 N–H and O–H groups in total. The summed E-state index contributed by atoms with van der Waals surface area (Å²) >= 11 is 0. The van der Waals surface area contributed by atoms with E-state index in [-0.39, 0.29) is 0 Å². The SMILES string of the molecule is CN=C(NCCc1ccccc1OC)NC1CCCCC1. The van der Waals surface area contributed by atoms with Gasteiger partial charge in [0.25, 0.3) is 0 Å². The summed E-state index contributed by atoms with van der Waals surface area (Å²) in [6, 6.07) is 8.74. The van der Waals surface area contributed by atoms with Gasteiger partial charge in [0.1, 0.15) is 5.75 Å². The molecule has 1 aromatic rings. The van der Waals surface area contributed by atoms with E-state index >= 15 is 0 Å². The van der Waals surface area contributed by atoms with Gasteiger partial charge in [-0.2, -0.15) is 0 Å². The number of rotatable bonds is 5. The minimum atomic E-state index is 0.580. The van der Waals surface area contributed by atoms with Crippen LogP contribution in [0.1, 0.15) is 37.7 Å². The van der Waals surface area contributed by atoms with Crippen molar-refractivity contribution < 1.29 is 4.74 Å². The molecule has 0 saturated heterocycles. The van der Waals surface area contributed by atoms with Gasteiger partial charge in [0, 0.05) is 19.6 Å². The first-order valence-electron chi connectivity index (χ1n) is 7.92. The fraction of sp³-hybridized carbons (Fsp3) is 0.588. The molecule has 1 aromatic carbocycles. The molecule has 4 heteroatoms. The molecule has 0 atom stereocenters. The lowest BCUT2D eigenvalue weighted by Gasteiger charge is -2.24. The molecule has 21 heavy (non-hydrogen) atoms. The summed E-state index contributed by atoms with van der Waals surface area (Å²) in [5.41, 5.74) is 1.22. The fourth-order valence-electron chi connectivity index (χ4n) is 2.86. The molecule has 1 aliphatic rings. The van der Waals surface area contributed by atoms with Gasteiger partial charge in [-0.3, -0.25) is 4.99 Å². The van der Waals surface area contributed by atoms with Crippen molar-refractivity contribution in [3.8, 4) is 5.75 Å². The summed E-state index contributed by atoms with van der Waals surface area (Å²) < 4.78 is 5.38. The smallest absolute Gasteiger partial charge is 0.191 e. The molecule has 0 bridgehead atoms. The van der Waals surface area contributed by atoms with Gasteiger partial charge >= 0.3 is 0 Å². The minimum absolute atomic E-state index is 0.580. The number of para-hydroxylation sites is 1. The maximum atomic E-state index is 5.38. The van der Waals surface area contributed by atoms with Crippen LogP contribution in [0.5, 0.6) is 5.75 Å². The van der Waals surface area contributed by atoms with Crippen LogP contribution in [-0.4, -0.2) is 32.7 Å². The van der Waals surface area contributed by atoms with Crippen LogP contribution >= 0.6 is 0 Å². The van der Waals surface area contributed by atoms with Gasteiger partial charge in [0.2, 0.25) is 0 Å². The zero-order chi connectivity index (χ0) is 14.9. The molecule has 0 aromatic heterocycles. The maximum Gasteiger partial charge on any atom is 0.191 e. The standard InChI is InChI=1S/C17H27N3O/c1-18-17(20-15-9-4-3-5-10-15)19-13-12-14-8-6-7-11-16(14)21-2/h6-8,11,15H,3-5,9-10,12-13H2,1-2H3,(H2,18,19,20). The average molecular weight is 289 g/mol. The Morgan fingerprint density at radius 1 is 1.24 bits per heavy atom. The van der Waals surface area contributed by atoms with Crippen LogP contribution in [0.4, 0.5) is 0 Å². The molecule has 1 aliphatic carbocycles. The number of hydrogen-bond donors (Lipinski definition) is 2. The molecule has 4 nitrogen and oxygen atoms in total. The highest BCUT2D eigenvalue weighted by molar-refractivity contribution is 5.79. The Hall–Kier alpha value is -1.71. The minimum Gasteiger partial charge on any atom is -0.496 e. The van der Waals surface area contributed by atoms with Gasteiger partial charge in [-0.25, -0.2) is 0 Å². The molecule has 1 fully saturated rings. The second-order valence-corrected chi connectivity index (χ2v) is 5.54. The Morgan fingerprint density at radius 2 is 2.00 bits per heavy atom. The van der Waals surface area contributed by atoms with Gasteiger partial charge in [0.05, 0.1) is 7.11 Å². The predicted molar refractivity (Wildman–Crippen MR) is 88.1 cm³/mol. The summed E-state index contributed by atoms with van der Waals surface area (Å²) in [5.74, 6) is 1.87. The summed E-state index contributed by atoms with van der Waals surface area (Å²) in [6.07, 6.45) is 7.47. The van der Waals surface area contributed by atoms with Crippen LogP contribution in [0, 0.1) is 0 Å². The number of ether oxygens (including phenoxy) is 1. The van der Waals surface area contributed by atoms with E-state index in [4.69, 9.17) is 4.74 Å². The highest BCUT2D eigenvalue weighted by Crippen LogP contribution is 2.18. The quantitative estimate of drug-likeness (QED) is 0.647. The number of nitrogens with one attached hydrogen (secondary N) is 2. The van der Waals surface area contributed by atoms with E-state index in [9.17, 15) is 0 Å². The normalized spacial score (nSPS) is 16.6. The number of hydrogen-bond acceptors (Lipinski definition) is 2. The van der Waals surface area contributed by atoms with Crippen molar-refractivity contribution >= 4 is 5.96 Å². The van der Waals surface area contributed by atoms with Crippen molar-refractivity contribution in [3.05, 3.63) is 29.8 Å². The Labute approximate surface area is 128 Å². The highest BCUT2D eigenvalue weighted by atomic mass is 16.5. The highest BCUT2D eigenvalue weighted by Gasteiger charge is 2.14. The zero-order valence-corrected chi connectivity index (χ0v) is 13.2. The average Bonchev–Trinajstić information content (AvgIpc) is 2.55. The van der Waals surface area contributed by atoms with Gasteiger partial charge in [-0.05, 0) is 30.9 Å². The van der Waals surface area contributed by atoms with Crippen molar-refractivity contribution in [1.29, 1.82) is 0 Å². The molecule has 0 aliphatic heterocycles. The van der Waals surface area contributed by atoms with Crippen molar-refractivity contribution in [2.75, 3.05) is 20.7 Å². The first-order chi connectivity index (χ1) is 10.3. The Morgan fingerprint density at radius 3 is 2.71 bits per heavy atom. The second-order valence-electron chi connectivity index (χ2n) is 5.54. The van der Waals surface area contributed by atoms with Crippen molar-refractivity contribution in [1.82, 2.24) is 10.6 Å². The summed E-state index contributed by atoms with van der Waals surface area (Å²) in [7, 11) is 3.55. The van der Waals surface area contributed by atoms with Gasteiger partial charge in [-0.15, -0.1) is 0 Å². The van der Waals surface area contributed by atoms with Crippen LogP contribution in [0.25, 0.3) is 0 Å². The topological polar surface area (TPSA) is 45.7 Å². The van der Waals surface area contributed by atoms with E-state index in [1.54, 1.807) is 7.11 Å². The van der Waals surface area contributed by atoms with E-state index in [1.165, 1.54) is 37.7 Å². The first kappa shape index (κ1) is 15.7. The first-order valence-corrected chi connectivity index (χ1v) is 7.92. The van der Waals surface area contributed by atoms with E-state index in [0.717, 1.165) is 24.7 Å². The van der Waals surface area contributed by atoms with Crippen molar-refractivity contribution in [3.63, 3.8) is 0 Å². The predicted octanol–water partition coefficient (Wildman–Crippen LogP) is 2.74. The number of nitrogens with zero attached hydrogens (tertiary/aromatic N) is 1. The molecule has 0 amide bonds. The van der Waals surface area contributed by atoms with Crippen LogP contribution in [0.3, 0.4) is 0 Å². The van der Waals surface area contributed by atoms with Crippen molar-refractivity contribution in [2.45, 2.75) is 44.6 Å². The van der Waals surface area contributed by atoms with Crippen LogP contribution < -0.4 is 15.4 Å². The Bertz CT molecular complexity index is 453. The lowest BCUT2D eigenvalue weighted by molar-refractivity contribution is 0.407. The third-order valence-corrected chi connectivity index (χ3v) is 4.05. The molecule has 2 rings (SSSR count). The molecule has 1 saturated carbocycles. The lowest BCUT2D eigenvalue weighted by Crippen LogP contribution is -2.44. The van der Waals surface area contributed by atoms with Gasteiger partial charge in [-0.1, -0.05) is 37.5 Å². The Kier molecular flexibility index (Phi) is 6.38. The Balaban J connectivity index is 1.78. The summed E-state index contributed by atoms with van der Waals surface area (Å²) in [5, 5.41) is 6.93. The molecule has 0 heterocycles. The van der Waals surface area contributed by atoms with Gasteiger partial charge < -0.3 is 15.4 Å². The molecule has 0 unspecified atom stereocenters. The monoisotopic (exact) mass is 289 g/mol. The van der Waals surface area contributed by atoms with Crippen LogP contribution in [-0.2, 0) is 6.42 Å². The molecule has 116 valence electrons.